The van der Waals surface area contributed by atoms with Crippen LogP contribution in [0.3, 0.4) is 0 Å². The van der Waals surface area contributed by atoms with Crippen LogP contribution in [0.4, 0.5) is 4.79 Å². The van der Waals surface area contributed by atoms with Crippen molar-refractivity contribution in [1.29, 1.82) is 0 Å². The molecule has 0 aromatic heterocycles. The molecule has 0 bridgehead atoms. The standard InChI is InChI=1S/C16H26N2O5/c1-11(8-23-13-4-6-22-9-13)17-15(21)18-7-12-3-2-5-16(12,10-18)14(19)20/h11-13H,2-10H2,1H3,(H,17,21)(H,19,20)/t11?,12-,13?,16+/m0/s1. The Bertz CT molecular complexity index is 465. The van der Waals surface area contributed by atoms with E-state index in [4.69, 9.17) is 9.47 Å². The number of likely N-dealkylation sites (tertiary alicyclic amines) is 1. The molecule has 2 unspecified atom stereocenters. The minimum Gasteiger partial charge on any atom is -0.481 e. The van der Waals surface area contributed by atoms with Crippen LogP contribution in [-0.2, 0) is 14.3 Å². The molecule has 0 radical (unpaired) electrons. The molecule has 1 aliphatic carbocycles. The predicted molar refractivity (Wildman–Crippen MR) is 82.2 cm³/mol. The molecule has 0 spiro atoms. The third-order valence-corrected chi connectivity index (χ3v) is 5.42. The molecule has 7 heteroatoms. The first-order valence-electron chi connectivity index (χ1n) is 8.49. The number of fused-ring (bicyclic) bond motifs is 1. The Morgan fingerprint density at radius 1 is 1.48 bits per heavy atom. The highest BCUT2D eigenvalue weighted by Crippen LogP contribution is 2.48. The number of carbonyl (C=O) groups excluding carboxylic acids is 1. The number of aliphatic carboxylic acids is 1. The number of carboxylic acids is 1. The maximum Gasteiger partial charge on any atom is 0.317 e. The Labute approximate surface area is 136 Å². The summed E-state index contributed by atoms with van der Waals surface area (Å²) in [7, 11) is 0. The average Bonchev–Trinajstić information content (AvgIpc) is 3.20. The molecule has 3 fully saturated rings. The smallest absolute Gasteiger partial charge is 0.317 e. The largest absolute Gasteiger partial charge is 0.481 e. The zero-order chi connectivity index (χ0) is 16.4. The Balaban J connectivity index is 1.48. The molecule has 2 amide bonds. The second-order valence-corrected chi connectivity index (χ2v) is 7.10. The van der Waals surface area contributed by atoms with Gasteiger partial charge in [-0.15, -0.1) is 0 Å². The molecule has 2 heterocycles. The molecule has 3 rings (SSSR count). The van der Waals surface area contributed by atoms with Crippen molar-refractivity contribution in [2.24, 2.45) is 11.3 Å². The number of ether oxygens (including phenoxy) is 2. The van der Waals surface area contributed by atoms with Crippen LogP contribution in [0, 0.1) is 11.3 Å². The van der Waals surface area contributed by atoms with Crippen LogP contribution in [0.5, 0.6) is 0 Å². The molecule has 2 saturated heterocycles. The first-order valence-corrected chi connectivity index (χ1v) is 8.49. The van der Waals surface area contributed by atoms with Crippen LogP contribution in [0.15, 0.2) is 0 Å². The fourth-order valence-electron chi connectivity index (χ4n) is 4.06. The lowest BCUT2D eigenvalue weighted by Crippen LogP contribution is -2.46. The number of urea groups is 1. The first kappa shape index (κ1) is 16.5. The summed E-state index contributed by atoms with van der Waals surface area (Å²) in [4.78, 5) is 25.7. The fraction of sp³-hybridized carbons (Fsp3) is 0.875. The SMILES string of the molecule is CC(COC1CCOC1)NC(=O)N1C[C@@H]2CCC[C@@]2(C(=O)O)C1. The molecule has 0 aromatic carbocycles. The summed E-state index contributed by atoms with van der Waals surface area (Å²) in [5.74, 6) is -0.666. The van der Waals surface area contributed by atoms with Gasteiger partial charge in [0.05, 0.1) is 30.8 Å². The number of rotatable bonds is 5. The highest BCUT2D eigenvalue weighted by molar-refractivity contribution is 5.80. The number of nitrogens with zero attached hydrogens (tertiary/aromatic N) is 1. The van der Waals surface area contributed by atoms with Crippen LogP contribution in [0.2, 0.25) is 0 Å². The third-order valence-electron chi connectivity index (χ3n) is 5.42. The highest BCUT2D eigenvalue weighted by atomic mass is 16.5. The van der Waals surface area contributed by atoms with Crippen LogP contribution >= 0.6 is 0 Å². The van der Waals surface area contributed by atoms with Crippen molar-refractivity contribution in [2.45, 2.75) is 44.8 Å². The predicted octanol–water partition coefficient (Wildman–Crippen LogP) is 1.08. The lowest BCUT2D eigenvalue weighted by atomic mass is 9.81. The first-order chi connectivity index (χ1) is 11.0. The summed E-state index contributed by atoms with van der Waals surface area (Å²) in [6.07, 6.45) is 3.54. The van der Waals surface area contributed by atoms with Gasteiger partial charge in [0, 0.05) is 19.7 Å². The van der Waals surface area contributed by atoms with E-state index in [1.807, 2.05) is 6.92 Å². The van der Waals surface area contributed by atoms with Gasteiger partial charge in [-0.2, -0.15) is 0 Å². The molecule has 4 atom stereocenters. The highest BCUT2D eigenvalue weighted by Gasteiger charge is 2.55. The number of carboxylic acid groups (broad SMARTS) is 1. The van der Waals surface area contributed by atoms with Crippen molar-refractivity contribution < 1.29 is 24.2 Å². The fourth-order valence-corrected chi connectivity index (χ4v) is 4.06. The van der Waals surface area contributed by atoms with Gasteiger partial charge in [0.25, 0.3) is 0 Å². The van der Waals surface area contributed by atoms with Crippen LogP contribution in [0.25, 0.3) is 0 Å². The molecule has 130 valence electrons. The summed E-state index contributed by atoms with van der Waals surface area (Å²) < 4.78 is 11.0. The summed E-state index contributed by atoms with van der Waals surface area (Å²) >= 11 is 0. The van der Waals surface area contributed by atoms with Crippen molar-refractivity contribution in [3.8, 4) is 0 Å². The van der Waals surface area contributed by atoms with E-state index in [0.29, 0.717) is 32.7 Å². The van der Waals surface area contributed by atoms with Gasteiger partial charge >= 0.3 is 12.0 Å². The third kappa shape index (κ3) is 3.30. The number of hydrogen-bond acceptors (Lipinski definition) is 4. The van der Waals surface area contributed by atoms with Gasteiger partial charge in [0.2, 0.25) is 0 Å². The van der Waals surface area contributed by atoms with Gasteiger partial charge in [-0.1, -0.05) is 6.42 Å². The molecule has 0 aromatic rings. The average molecular weight is 326 g/mol. The van der Waals surface area contributed by atoms with Gasteiger partial charge in [-0.3, -0.25) is 4.79 Å². The summed E-state index contributed by atoms with van der Waals surface area (Å²) in [5, 5.41) is 12.5. The van der Waals surface area contributed by atoms with Gasteiger partial charge in [0.15, 0.2) is 0 Å². The lowest BCUT2D eigenvalue weighted by Gasteiger charge is -2.24. The Hall–Kier alpha value is -1.34. The molecule has 7 nitrogen and oxygen atoms in total. The van der Waals surface area contributed by atoms with E-state index in [1.54, 1.807) is 4.90 Å². The van der Waals surface area contributed by atoms with Crippen molar-refractivity contribution >= 4 is 12.0 Å². The van der Waals surface area contributed by atoms with Crippen molar-refractivity contribution in [3.05, 3.63) is 0 Å². The lowest BCUT2D eigenvalue weighted by molar-refractivity contribution is -0.149. The number of amides is 2. The minimum atomic E-state index is -0.757. The molecule has 2 aliphatic heterocycles. The Morgan fingerprint density at radius 3 is 2.96 bits per heavy atom. The van der Waals surface area contributed by atoms with E-state index < -0.39 is 11.4 Å². The molecule has 1 saturated carbocycles. The normalized spacial score (nSPS) is 34.4. The van der Waals surface area contributed by atoms with Crippen molar-refractivity contribution in [3.63, 3.8) is 0 Å². The van der Waals surface area contributed by atoms with E-state index in [-0.39, 0.29) is 24.1 Å². The molecular formula is C16H26N2O5. The monoisotopic (exact) mass is 326 g/mol. The van der Waals surface area contributed by atoms with Gasteiger partial charge < -0.3 is 24.8 Å². The molecule has 23 heavy (non-hydrogen) atoms. The zero-order valence-corrected chi connectivity index (χ0v) is 13.6. The minimum absolute atomic E-state index is 0.0907. The summed E-state index contributed by atoms with van der Waals surface area (Å²) in [6.45, 7) is 4.57. The topological polar surface area (TPSA) is 88.1 Å². The van der Waals surface area contributed by atoms with Gasteiger partial charge in [-0.05, 0) is 32.1 Å². The van der Waals surface area contributed by atoms with E-state index in [2.05, 4.69) is 5.32 Å². The molecule has 2 N–H and O–H groups in total. The van der Waals surface area contributed by atoms with Gasteiger partial charge in [-0.25, -0.2) is 4.79 Å². The zero-order valence-electron chi connectivity index (χ0n) is 13.6. The summed E-state index contributed by atoms with van der Waals surface area (Å²) in [6, 6.07) is -0.289. The van der Waals surface area contributed by atoms with Crippen LogP contribution in [0.1, 0.15) is 32.6 Å². The van der Waals surface area contributed by atoms with E-state index >= 15 is 0 Å². The number of hydrogen-bond donors (Lipinski definition) is 2. The van der Waals surface area contributed by atoms with Crippen molar-refractivity contribution in [2.75, 3.05) is 32.9 Å². The van der Waals surface area contributed by atoms with E-state index in [1.165, 1.54) is 0 Å². The van der Waals surface area contributed by atoms with E-state index in [0.717, 1.165) is 25.9 Å². The maximum atomic E-state index is 12.4. The second-order valence-electron chi connectivity index (χ2n) is 7.10. The van der Waals surface area contributed by atoms with Crippen LogP contribution < -0.4 is 5.32 Å². The Morgan fingerprint density at radius 2 is 2.30 bits per heavy atom. The summed E-state index contributed by atoms with van der Waals surface area (Å²) in [5.41, 5.74) is -0.724. The van der Waals surface area contributed by atoms with E-state index in [9.17, 15) is 14.7 Å². The van der Waals surface area contributed by atoms with Gasteiger partial charge in [0.1, 0.15) is 0 Å². The molecular weight excluding hydrogens is 300 g/mol. The Kier molecular flexibility index (Phi) is 4.77. The number of carbonyl (C=O) groups is 2. The quantitative estimate of drug-likeness (QED) is 0.789. The molecule has 3 aliphatic rings. The second kappa shape index (κ2) is 6.65. The number of nitrogens with one attached hydrogen (secondary N) is 1. The van der Waals surface area contributed by atoms with Crippen LogP contribution in [-0.4, -0.2) is 67.1 Å². The van der Waals surface area contributed by atoms with Crippen molar-refractivity contribution in [1.82, 2.24) is 10.2 Å². The maximum absolute atomic E-state index is 12.4.